The second kappa shape index (κ2) is 11.4. The number of rotatable bonds is 10. The molecule has 24 heavy (non-hydrogen) atoms. The van der Waals surface area contributed by atoms with Crippen molar-refractivity contribution in [3.8, 4) is 0 Å². The van der Waals surface area contributed by atoms with Gasteiger partial charge in [-0.25, -0.2) is 13.1 Å². The second-order valence-electron chi connectivity index (χ2n) is 5.30. The highest BCUT2D eigenvalue weighted by Gasteiger charge is 2.15. The molecule has 9 heteroatoms. The lowest BCUT2D eigenvalue weighted by atomic mass is 10.2. The lowest BCUT2D eigenvalue weighted by Crippen LogP contribution is -2.33. The van der Waals surface area contributed by atoms with E-state index in [4.69, 9.17) is 4.74 Å². The molecule has 0 spiro atoms. The van der Waals surface area contributed by atoms with Crippen molar-refractivity contribution in [1.82, 2.24) is 15.4 Å². The van der Waals surface area contributed by atoms with Gasteiger partial charge in [0.05, 0.1) is 11.5 Å². The van der Waals surface area contributed by atoms with Gasteiger partial charge in [-0.15, -0.1) is 12.4 Å². The Hall–Kier alpha value is -1.19. The van der Waals surface area contributed by atoms with Crippen LogP contribution in [0.3, 0.4) is 0 Å². The number of carbonyl (C=O) groups is 1. The molecule has 1 rings (SSSR count). The van der Waals surface area contributed by atoms with E-state index in [0.717, 1.165) is 6.54 Å². The van der Waals surface area contributed by atoms with Crippen LogP contribution in [0.4, 0.5) is 0 Å². The Balaban J connectivity index is 0.00000529. The zero-order chi connectivity index (χ0) is 17.3. The quantitative estimate of drug-likeness (QED) is 0.521. The number of nitrogens with one attached hydrogen (secondary N) is 3. The topological polar surface area (TPSA) is 96.5 Å². The van der Waals surface area contributed by atoms with Crippen molar-refractivity contribution >= 4 is 28.3 Å². The molecule has 138 valence electrons. The van der Waals surface area contributed by atoms with Crippen LogP contribution in [-0.4, -0.2) is 53.7 Å². The number of benzene rings is 1. The summed E-state index contributed by atoms with van der Waals surface area (Å²) in [5.74, 6) is -0.237. The van der Waals surface area contributed by atoms with Crippen molar-refractivity contribution in [1.29, 1.82) is 0 Å². The number of hydrogen-bond acceptors (Lipinski definition) is 5. The molecule has 0 aliphatic rings. The molecule has 0 fully saturated rings. The van der Waals surface area contributed by atoms with E-state index in [9.17, 15) is 13.2 Å². The Morgan fingerprint density at radius 3 is 2.29 bits per heavy atom. The van der Waals surface area contributed by atoms with Crippen LogP contribution in [0, 0.1) is 0 Å². The predicted molar refractivity (Wildman–Crippen MR) is 96.2 cm³/mol. The number of hydrogen-bond donors (Lipinski definition) is 3. The highest BCUT2D eigenvalue weighted by atomic mass is 35.5. The first-order chi connectivity index (χ1) is 10.9. The summed E-state index contributed by atoms with van der Waals surface area (Å²) in [6, 6.07) is 5.67. The average molecular weight is 380 g/mol. The maximum atomic E-state index is 12.0. The summed E-state index contributed by atoms with van der Waals surface area (Å²) in [4.78, 5) is 12.1. The normalized spacial score (nSPS) is 11.2. The van der Waals surface area contributed by atoms with Gasteiger partial charge in [-0.05, 0) is 38.1 Å². The SMILES string of the molecule is COCCNCCNC(=O)c1ccc(S(=O)(=O)NC(C)C)cc1.Cl. The highest BCUT2D eigenvalue weighted by Crippen LogP contribution is 2.11. The maximum Gasteiger partial charge on any atom is 0.251 e. The molecular formula is C15H26ClN3O4S. The Morgan fingerprint density at radius 1 is 1.12 bits per heavy atom. The van der Waals surface area contributed by atoms with E-state index in [2.05, 4.69) is 15.4 Å². The molecule has 0 saturated heterocycles. The minimum absolute atomic E-state index is 0. The van der Waals surface area contributed by atoms with Crippen LogP contribution < -0.4 is 15.4 Å². The smallest absolute Gasteiger partial charge is 0.251 e. The summed E-state index contributed by atoms with van der Waals surface area (Å²) in [6.45, 7) is 5.97. The molecule has 0 unspecified atom stereocenters. The van der Waals surface area contributed by atoms with Gasteiger partial charge in [-0.3, -0.25) is 4.79 Å². The number of sulfonamides is 1. The predicted octanol–water partition coefficient (Wildman–Crippen LogP) is 0.761. The molecule has 1 aromatic carbocycles. The summed E-state index contributed by atoms with van der Waals surface area (Å²) in [7, 11) is -1.91. The molecule has 0 bridgehead atoms. The monoisotopic (exact) mass is 379 g/mol. The van der Waals surface area contributed by atoms with E-state index < -0.39 is 10.0 Å². The molecule has 0 aromatic heterocycles. The Morgan fingerprint density at radius 2 is 1.75 bits per heavy atom. The van der Waals surface area contributed by atoms with Crippen LogP contribution >= 0.6 is 12.4 Å². The lowest BCUT2D eigenvalue weighted by Gasteiger charge is -2.10. The van der Waals surface area contributed by atoms with Crippen molar-refractivity contribution < 1.29 is 17.9 Å². The lowest BCUT2D eigenvalue weighted by molar-refractivity contribution is 0.0953. The van der Waals surface area contributed by atoms with Gasteiger partial charge in [0.25, 0.3) is 5.91 Å². The zero-order valence-electron chi connectivity index (χ0n) is 14.2. The molecular weight excluding hydrogens is 354 g/mol. The first kappa shape index (κ1) is 22.8. The van der Waals surface area contributed by atoms with Crippen molar-refractivity contribution in [3.05, 3.63) is 29.8 Å². The molecule has 0 radical (unpaired) electrons. The van der Waals surface area contributed by atoms with Gasteiger partial charge < -0.3 is 15.4 Å². The minimum atomic E-state index is -3.54. The average Bonchev–Trinajstić information content (AvgIpc) is 2.49. The summed E-state index contributed by atoms with van der Waals surface area (Å²) < 4.78 is 31.4. The summed E-state index contributed by atoms with van der Waals surface area (Å²) in [5, 5.41) is 5.87. The van der Waals surface area contributed by atoms with Gasteiger partial charge in [-0.1, -0.05) is 0 Å². The molecule has 0 aliphatic heterocycles. The van der Waals surface area contributed by atoms with Crippen molar-refractivity contribution in [2.45, 2.75) is 24.8 Å². The number of ether oxygens (including phenoxy) is 1. The summed E-state index contributed by atoms with van der Waals surface area (Å²) in [5.41, 5.74) is 0.422. The van der Waals surface area contributed by atoms with Gasteiger partial charge >= 0.3 is 0 Å². The molecule has 0 atom stereocenters. The van der Waals surface area contributed by atoms with E-state index >= 15 is 0 Å². The van der Waals surface area contributed by atoms with Crippen LogP contribution in [0.2, 0.25) is 0 Å². The van der Waals surface area contributed by atoms with Crippen LogP contribution in [0.25, 0.3) is 0 Å². The minimum Gasteiger partial charge on any atom is -0.383 e. The van der Waals surface area contributed by atoms with Gasteiger partial charge in [0, 0.05) is 38.3 Å². The fraction of sp³-hybridized carbons (Fsp3) is 0.533. The molecule has 7 nitrogen and oxygen atoms in total. The number of methoxy groups -OCH3 is 1. The van der Waals surface area contributed by atoms with E-state index in [0.29, 0.717) is 25.3 Å². The fourth-order valence-electron chi connectivity index (χ4n) is 1.83. The Bertz CT molecular complexity index is 591. The molecule has 1 amide bonds. The fourth-order valence-corrected chi connectivity index (χ4v) is 3.08. The van der Waals surface area contributed by atoms with Crippen molar-refractivity contribution in [2.75, 3.05) is 33.4 Å². The Labute approximate surface area is 150 Å². The molecule has 0 heterocycles. The highest BCUT2D eigenvalue weighted by molar-refractivity contribution is 7.89. The first-order valence-corrected chi connectivity index (χ1v) is 8.95. The largest absolute Gasteiger partial charge is 0.383 e. The maximum absolute atomic E-state index is 12.0. The second-order valence-corrected chi connectivity index (χ2v) is 7.01. The molecule has 1 aromatic rings. The van der Waals surface area contributed by atoms with Gasteiger partial charge in [0.2, 0.25) is 10.0 Å². The van der Waals surface area contributed by atoms with Crippen LogP contribution in [0.1, 0.15) is 24.2 Å². The molecule has 3 N–H and O–H groups in total. The summed E-state index contributed by atoms with van der Waals surface area (Å²) in [6.07, 6.45) is 0. The first-order valence-electron chi connectivity index (χ1n) is 7.47. The standard InChI is InChI=1S/C15H25N3O4S.ClH/c1-12(2)18-23(20,21)14-6-4-13(5-7-14)15(19)17-9-8-16-10-11-22-3;/h4-7,12,16,18H,8-11H2,1-3H3,(H,17,19);1H. The molecule has 0 saturated carbocycles. The van der Waals surface area contributed by atoms with Gasteiger partial charge in [0.1, 0.15) is 0 Å². The molecule has 0 aliphatic carbocycles. The zero-order valence-corrected chi connectivity index (χ0v) is 15.8. The third-order valence-corrected chi connectivity index (χ3v) is 4.56. The van der Waals surface area contributed by atoms with E-state index in [1.807, 2.05) is 0 Å². The van der Waals surface area contributed by atoms with E-state index in [-0.39, 0.29) is 29.3 Å². The van der Waals surface area contributed by atoms with Crippen molar-refractivity contribution in [3.63, 3.8) is 0 Å². The number of halogens is 1. The van der Waals surface area contributed by atoms with Crippen LogP contribution in [-0.2, 0) is 14.8 Å². The number of carbonyl (C=O) groups excluding carboxylic acids is 1. The van der Waals surface area contributed by atoms with E-state index in [1.54, 1.807) is 21.0 Å². The number of amides is 1. The van der Waals surface area contributed by atoms with Crippen molar-refractivity contribution in [2.24, 2.45) is 0 Å². The summed E-state index contributed by atoms with van der Waals surface area (Å²) >= 11 is 0. The van der Waals surface area contributed by atoms with Crippen LogP contribution in [0.15, 0.2) is 29.2 Å². The van der Waals surface area contributed by atoms with Gasteiger partial charge in [-0.2, -0.15) is 0 Å². The van der Waals surface area contributed by atoms with Gasteiger partial charge in [0.15, 0.2) is 0 Å². The van der Waals surface area contributed by atoms with E-state index in [1.165, 1.54) is 24.3 Å². The third-order valence-electron chi connectivity index (χ3n) is 2.89. The van der Waals surface area contributed by atoms with Crippen LogP contribution in [0.5, 0.6) is 0 Å². The third kappa shape index (κ3) is 8.07. The Kier molecular flexibility index (Phi) is 10.8.